The largest absolute Gasteiger partial charge is 0.336 e. The van der Waals surface area contributed by atoms with Crippen molar-refractivity contribution in [2.24, 2.45) is 0 Å². The van der Waals surface area contributed by atoms with Gasteiger partial charge in [-0.15, -0.1) is 0 Å². The fourth-order valence-electron chi connectivity index (χ4n) is 0.827. The molecule has 0 saturated carbocycles. The third-order valence-corrected chi connectivity index (χ3v) is 2.00. The monoisotopic (exact) mass is 148 g/mol. The summed E-state index contributed by atoms with van der Waals surface area (Å²) >= 11 is 0. The van der Waals surface area contributed by atoms with Crippen molar-refractivity contribution < 1.29 is 9.05 Å². The zero-order chi connectivity index (χ0) is 6.36. The molecule has 0 aliphatic carbocycles. The molecule has 1 aliphatic heterocycles. The van der Waals surface area contributed by atoms with Gasteiger partial charge in [0.05, 0.1) is 13.2 Å². The lowest BCUT2D eigenvalue weighted by molar-refractivity contribution is 0.274. The highest BCUT2D eigenvalue weighted by molar-refractivity contribution is 7.26. The van der Waals surface area contributed by atoms with E-state index in [0.29, 0.717) is 0 Å². The standard InChI is InChI=1S/C6H13O2P/c1-2-4-6-8-9-7-5-3-1/h9H,1-6H2. The minimum atomic E-state index is 0.286. The molecule has 0 aromatic carbocycles. The molecule has 1 saturated heterocycles. The van der Waals surface area contributed by atoms with Gasteiger partial charge in [0.15, 0.2) is 9.03 Å². The van der Waals surface area contributed by atoms with Crippen LogP contribution in [0.15, 0.2) is 0 Å². The Balaban J connectivity index is 2.02. The molecule has 1 fully saturated rings. The highest BCUT2D eigenvalue weighted by Crippen LogP contribution is 2.17. The van der Waals surface area contributed by atoms with E-state index in [-0.39, 0.29) is 9.03 Å². The van der Waals surface area contributed by atoms with Crippen molar-refractivity contribution in [2.45, 2.75) is 25.7 Å². The minimum Gasteiger partial charge on any atom is -0.336 e. The Hall–Kier alpha value is 0.350. The van der Waals surface area contributed by atoms with Gasteiger partial charge in [0.25, 0.3) is 0 Å². The van der Waals surface area contributed by atoms with E-state index >= 15 is 0 Å². The second-order valence-electron chi connectivity index (χ2n) is 2.19. The van der Waals surface area contributed by atoms with E-state index in [9.17, 15) is 0 Å². The van der Waals surface area contributed by atoms with Crippen LogP contribution in [0.3, 0.4) is 0 Å². The van der Waals surface area contributed by atoms with Crippen LogP contribution in [0.2, 0.25) is 0 Å². The van der Waals surface area contributed by atoms with Gasteiger partial charge in [0.1, 0.15) is 0 Å². The second-order valence-corrected chi connectivity index (χ2v) is 2.94. The SMILES string of the molecule is C1CCCOPOCC1. The van der Waals surface area contributed by atoms with Crippen molar-refractivity contribution in [1.82, 2.24) is 0 Å². The molecule has 0 aromatic heterocycles. The van der Waals surface area contributed by atoms with Crippen molar-refractivity contribution in [3.8, 4) is 0 Å². The summed E-state index contributed by atoms with van der Waals surface area (Å²) in [6.45, 7) is 1.77. The summed E-state index contributed by atoms with van der Waals surface area (Å²) in [6, 6.07) is 0. The Bertz CT molecular complexity index is 39.5. The van der Waals surface area contributed by atoms with Crippen molar-refractivity contribution in [3.63, 3.8) is 0 Å². The smallest absolute Gasteiger partial charge is 0.155 e. The number of hydrogen-bond donors (Lipinski definition) is 0. The average Bonchev–Trinajstić information content (AvgIpc) is 2.00. The Morgan fingerprint density at radius 2 is 1.33 bits per heavy atom. The van der Waals surface area contributed by atoms with Crippen LogP contribution >= 0.6 is 9.03 Å². The molecule has 54 valence electrons. The zero-order valence-electron chi connectivity index (χ0n) is 5.56. The molecule has 0 spiro atoms. The second kappa shape index (κ2) is 5.16. The van der Waals surface area contributed by atoms with Gasteiger partial charge in [-0.2, -0.15) is 0 Å². The first-order valence-corrected chi connectivity index (χ1v) is 4.30. The quantitative estimate of drug-likeness (QED) is 0.490. The first-order valence-electron chi connectivity index (χ1n) is 3.49. The fraction of sp³-hybridized carbons (Fsp3) is 1.00. The van der Waals surface area contributed by atoms with E-state index in [2.05, 4.69) is 0 Å². The average molecular weight is 148 g/mol. The number of rotatable bonds is 0. The number of hydrogen-bond acceptors (Lipinski definition) is 2. The fourth-order valence-corrected chi connectivity index (χ4v) is 1.37. The van der Waals surface area contributed by atoms with E-state index in [1.807, 2.05) is 0 Å². The molecule has 0 amide bonds. The maximum Gasteiger partial charge on any atom is 0.155 e. The lowest BCUT2D eigenvalue weighted by atomic mass is 10.2. The van der Waals surface area contributed by atoms with Crippen LogP contribution in [0.5, 0.6) is 0 Å². The topological polar surface area (TPSA) is 18.5 Å². The molecule has 0 atom stereocenters. The van der Waals surface area contributed by atoms with Gasteiger partial charge in [-0.05, 0) is 12.8 Å². The van der Waals surface area contributed by atoms with Crippen LogP contribution in [0, 0.1) is 0 Å². The molecule has 2 nitrogen and oxygen atoms in total. The van der Waals surface area contributed by atoms with Crippen molar-refractivity contribution in [1.29, 1.82) is 0 Å². The van der Waals surface area contributed by atoms with Crippen LogP contribution in [0.1, 0.15) is 25.7 Å². The summed E-state index contributed by atoms with van der Waals surface area (Å²) in [5.74, 6) is 0. The van der Waals surface area contributed by atoms with Crippen LogP contribution < -0.4 is 0 Å². The summed E-state index contributed by atoms with van der Waals surface area (Å²) in [4.78, 5) is 0. The zero-order valence-corrected chi connectivity index (χ0v) is 6.56. The van der Waals surface area contributed by atoms with Crippen molar-refractivity contribution in [3.05, 3.63) is 0 Å². The van der Waals surface area contributed by atoms with Gasteiger partial charge >= 0.3 is 0 Å². The normalized spacial score (nSPS) is 24.0. The summed E-state index contributed by atoms with van der Waals surface area (Å²) in [7, 11) is 0.286. The molecule has 0 bridgehead atoms. The van der Waals surface area contributed by atoms with E-state index < -0.39 is 0 Å². The van der Waals surface area contributed by atoms with Crippen molar-refractivity contribution in [2.75, 3.05) is 13.2 Å². The Labute approximate surface area is 57.9 Å². The molecular weight excluding hydrogens is 135 g/mol. The highest BCUT2D eigenvalue weighted by atomic mass is 31.1. The van der Waals surface area contributed by atoms with Gasteiger partial charge in [-0.25, -0.2) is 0 Å². The van der Waals surface area contributed by atoms with Gasteiger partial charge < -0.3 is 9.05 Å². The third kappa shape index (κ3) is 3.85. The summed E-state index contributed by atoms with van der Waals surface area (Å²) in [5, 5.41) is 0. The van der Waals surface area contributed by atoms with Crippen molar-refractivity contribution >= 4 is 9.03 Å². The maximum absolute atomic E-state index is 5.16. The first-order chi connectivity index (χ1) is 4.50. The Morgan fingerprint density at radius 1 is 0.778 bits per heavy atom. The molecule has 1 rings (SSSR count). The van der Waals surface area contributed by atoms with E-state index in [4.69, 9.17) is 9.05 Å². The summed E-state index contributed by atoms with van der Waals surface area (Å²) < 4.78 is 10.3. The molecule has 0 N–H and O–H groups in total. The molecule has 0 radical (unpaired) electrons. The van der Waals surface area contributed by atoms with Crippen LogP contribution in [0.4, 0.5) is 0 Å². The van der Waals surface area contributed by atoms with E-state index in [0.717, 1.165) is 13.2 Å². The lowest BCUT2D eigenvalue weighted by Crippen LogP contribution is -1.83. The maximum atomic E-state index is 5.16. The molecule has 3 heteroatoms. The van der Waals surface area contributed by atoms with Gasteiger partial charge in [0, 0.05) is 0 Å². The van der Waals surface area contributed by atoms with Gasteiger partial charge in [0.2, 0.25) is 0 Å². The Kier molecular flexibility index (Phi) is 4.28. The first kappa shape index (κ1) is 7.46. The molecule has 9 heavy (non-hydrogen) atoms. The predicted molar refractivity (Wildman–Crippen MR) is 38.7 cm³/mol. The molecule has 1 aliphatic rings. The third-order valence-electron chi connectivity index (χ3n) is 1.36. The van der Waals surface area contributed by atoms with Crippen LogP contribution in [-0.2, 0) is 9.05 Å². The van der Waals surface area contributed by atoms with E-state index in [1.165, 1.54) is 25.7 Å². The Morgan fingerprint density at radius 3 is 1.89 bits per heavy atom. The highest BCUT2D eigenvalue weighted by Gasteiger charge is 1.95. The van der Waals surface area contributed by atoms with Gasteiger partial charge in [-0.1, -0.05) is 12.8 Å². The van der Waals surface area contributed by atoms with Gasteiger partial charge in [-0.3, -0.25) is 0 Å². The summed E-state index contributed by atoms with van der Waals surface area (Å²) in [5.41, 5.74) is 0. The molecular formula is C6H13O2P. The van der Waals surface area contributed by atoms with Crippen LogP contribution in [-0.4, -0.2) is 13.2 Å². The summed E-state index contributed by atoms with van der Waals surface area (Å²) in [6.07, 6.45) is 5.01. The molecule has 1 heterocycles. The van der Waals surface area contributed by atoms with Crippen LogP contribution in [0.25, 0.3) is 0 Å². The predicted octanol–water partition coefficient (Wildman–Crippen LogP) is 2.10. The minimum absolute atomic E-state index is 0.286. The van der Waals surface area contributed by atoms with E-state index in [1.54, 1.807) is 0 Å². The molecule has 0 unspecified atom stereocenters. The lowest BCUT2D eigenvalue weighted by Gasteiger charge is -1.98. The molecule has 0 aromatic rings.